The molecule has 0 aliphatic carbocycles. The molecule has 1 aromatic heterocycles. The Balaban J connectivity index is 2.58. The number of aliphatic hydroxyl groups is 1. The molecular weight excluding hydrogens is 180 g/mol. The SMILES string of the molecule is O=c1ccc2ccc(CCO)cc2o1. The van der Waals surface area contributed by atoms with Crippen molar-refractivity contribution >= 4 is 11.0 Å². The Morgan fingerprint density at radius 2 is 2.00 bits per heavy atom. The van der Waals surface area contributed by atoms with Gasteiger partial charge in [-0.2, -0.15) is 0 Å². The zero-order valence-electron chi connectivity index (χ0n) is 7.56. The molecule has 0 aliphatic rings. The van der Waals surface area contributed by atoms with Crippen molar-refractivity contribution in [3.8, 4) is 0 Å². The Hall–Kier alpha value is -1.61. The molecule has 0 amide bonds. The fourth-order valence-electron chi connectivity index (χ4n) is 1.39. The molecule has 2 aromatic rings. The van der Waals surface area contributed by atoms with E-state index in [2.05, 4.69) is 0 Å². The van der Waals surface area contributed by atoms with Crippen molar-refractivity contribution in [1.29, 1.82) is 0 Å². The smallest absolute Gasteiger partial charge is 0.336 e. The van der Waals surface area contributed by atoms with Crippen molar-refractivity contribution in [2.75, 3.05) is 6.61 Å². The summed E-state index contributed by atoms with van der Waals surface area (Å²) in [6.07, 6.45) is 0.578. The average molecular weight is 190 g/mol. The third kappa shape index (κ3) is 1.67. The second kappa shape index (κ2) is 3.64. The third-order valence-electron chi connectivity index (χ3n) is 2.09. The highest BCUT2D eigenvalue weighted by Crippen LogP contribution is 2.13. The number of rotatable bonds is 2. The molecule has 0 saturated heterocycles. The lowest BCUT2D eigenvalue weighted by Gasteiger charge is -1.99. The highest BCUT2D eigenvalue weighted by atomic mass is 16.4. The second-order valence-corrected chi connectivity index (χ2v) is 3.10. The normalized spacial score (nSPS) is 10.6. The molecule has 1 N–H and O–H groups in total. The van der Waals surface area contributed by atoms with E-state index in [9.17, 15) is 4.79 Å². The van der Waals surface area contributed by atoms with Crippen molar-refractivity contribution in [3.05, 3.63) is 46.3 Å². The van der Waals surface area contributed by atoms with E-state index in [1.807, 2.05) is 12.1 Å². The van der Waals surface area contributed by atoms with Gasteiger partial charge in [0.25, 0.3) is 0 Å². The van der Waals surface area contributed by atoms with Crippen molar-refractivity contribution in [3.63, 3.8) is 0 Å². The summed E-state index contributed by atoms with van der Waals surface area (Å²) >= 11 is 0. The Kier molecular flexibility index (Phi) is 2.33. The molecule has 3 nitrogen and oxygen atoms in total. The summed E-state index contributed by atoms with van der Waals surface area (Å²) in [5.74, 6) is 0. The van der Waals surface area contributed by atoms with Crippen molar-refractivity contribution < 1.29 is 9.52 Å². The molecule has 0 atom stereocenters. The number of fused-ring (bicyclic) bond motifs is 1. The van der Waals surface area contributed by atoms with E-state index in [0.717, 1.165) is 10.9 Å². The number of hydrogen-bond donors (Lipinski definition) is 1. The highest BCUT2D eigenvalue weighted by Gasteiger charge is 1.98. The Labute approximate surface area is 80.6 Å². The molecule has 3 heteroatoms. The van der Waals surface area contributed by atoms with Crippen LogP contribution >= 0.6 is 0 Å². The molecule has 0 radical (unpaired) electrons. The summed E-state index contributed by atoms with van der Waals surface area (Å²) < 4.78 is 5.01. The van der Waals surface area contributed by atoms with Gasteiger partial charge in [0.1, 0.15) is 5.58 Å². The van der Waals surface area contributed by atoms with Crippen LogP contribution in [-0.4, -0.2) is 11.7 Å². The first-order valence-corrected chi connectivity index (χ1v) is 4.43. The lowest BCUT2D eigenvalue weighted by molar-refractivity contribution is 0.299. The van der Waals surface area contributed by atoms with Gasteiger partial charge in [-0.05, 0) is 24.1 Å². The van der Waals surface area contributed by atoms with Gasteiger partial charge in [0, 0.05) is 18.1 Å². The van der Waals surface area contributed by atoms with Crippen molar-refractivity contribution in [2.24, 2.45) is 0 Å². The largest absolute Gasteiger partial charge is 0.423 e. The molecule has 2 rings (SSSR count). The number of aliphatic hydroxyl groups excluding tert-OH is 1. The van der Waals surface area contributed by atoms with Gasteiger partial charge in [-0.15, -0.1) is 0 Å². The maximum absolute atomic E-state index is 10.9. The molecule has 0 fully saturated rings. The van der Waals surface area contributed by atoms with Crippen LogP contribution in [0.25, 0.3) is 11.0 Å². The maximum atomic E-state index is 10.9. The first-order valence-electron chi connectivity index (χ1n) is 4.43. The monoisotopic (exact) mass is 190 g/mol. The van der Waals surface area contributed by atoms with Crippen molar-refractivity contribution in [2.45, 2.75) is 6.42 Å². The first kappa shape index (κ1) is 8.97. The van der Waals surface area contributed by atoms with E-state index in [0.29, 0.717) is 12.0 Å². The topological polar surface area (TPSA) is 50.4 Å². The van der Waals surface area contributed by atoms with Crippen LogP contribution in [0.2, 0.25) is 0 Å². The number of hydrogen-bond acceptors (Lipinski definition) is 3. The predicted octanol–water partition coefficient (Wildman–Crippen LogP) is 1.33. The summed E-state index contributed by atoms with van der Waals surface area (Å²) in [5.41, 5.74) is 1.19. The van der Waals surface area contributed by atoms with Gasteiger partial charge >= 0.3 is 5.63 Å². The molecular formula is C11H10O3. The zero-order valence-corrected chi connectivity index (χ0v) is 7.56. The minimum Gasteiger partial charge on any atom is -0.423 e. The Bertz CT molecular complexity index is 499. The molecule has 0 spiro atoms. The third-order valence-corrected chi connectivity index (χ3v) is 2.09. The molecule has 1 aromatic carbocycles. The minimum absolute atomic E-state index is 0.0998. The van der Waals surface area contributed by atoms with Crippen LogP contribution in [-0.2, 0) is 6.42 Å². The second-order valence-electron chi connectivity index (χ2n) is 3.10. The van der Waals surface area contributed by atoms with Crippen LogP contribution in [0.1, 0.15) is 5.56 Å². The fourth-order valence-corrected chi connectivity index (χ4v) is 1.39. The van der Waals surface area contributed by atoms with Crippen molar-refractivity contribution in [1.82, 2.24) is 0 Å². The summed E-state index contributed by atoms with van der Waals surface area (Å²) in [7, 11) is 0. The van der Waals surface area contributed by atoms with Gasteiger partial charge in [0.05, 0.1) is 0 Å². The summed E-state index contributed by atoms with van der Waals surface area (Å²) in [6, 6.07) is 8.70. The van der Waals surface area contributed by atoms with Gasteiger partial charge < -0.3 is 9.52 Å². The molecule has 0 aliphatic heterocycles. The van der Waals surface area contributed by atoms with Crippen LogP contribution in [0, 0.1) is 0 Å². The molecule has 72 valence electrons. The van der Waals surface area contributed by atoms with E-state index >= 15 is 0 Å². The summed E-state index contributed by atoms with van der Waals surface area (Å²) in [4.78, 5) is 10.9. The minimum atomic E-state index is -0.348. The van der Waals surface area contributed by atoms with Crippen LogP contribution in [0.15, 0.2) is 39.5 Å². The first-order chi connectivity index (χ1) is 6.79. The number of benzene rings is 1. The van der Waals surface area contributed by atoms with Gasteiger partial charge in [-0.25, -0.2) is 4.79 Å². The predicted molar refractivity (Wildman–Crippen MR) is 53.3 cm³/mol. The zero-order chi connectivity index (χ0) is 9.97. The molecule has 0 unspecified atom stereocenters. The lowest BCUT2D eigenvalue weighted by Crippen LogP contribution is -1.95. The van der Waals surface area contributed by atoms with Gasteiger partial charge in [-0.3, -0.25) is 0 Å². The van der Waals surface area contributed by atoms with E-state index in [1.165, 1.54) is 6.07 Å². The van der Waals surface area contributed by atoms with Gasteiger partial charge in [0.15, 0.2) is 0 Å². The van der Waals surface area contributed by atoms with Crippen LogP contribution in [0.5, 0.6) is 0 Å². The van der Waals surface area contributed by atoms with E-state index < -0.39 is 0 Å². The highest BCUT2D eigenvalue weighted by molar-refractivity contribution is 5.76. The van der Waals surface area contributed by atoms with E-state index in [4.69, 9.17) is 9.52 Å². The molecule has 14 heavy (non-hydrogen) atoms. The summed E-state index contributed by atoms with van der Waals surface area (Å²) in [5, 5.41) is 9.65. The van der Waals surface area contributed by atoms with E-state index in [1.54, 1.807) is 12.1 Å². The fraction of sp³-hybridized carbons (Fsp3) is 0.182. The van der Waals surface area contributed by atoms with Gasteiger partial charge in [0.2, 0.25) is 0 Å². The standard InChI is InChI=1S/C11H10O3/c12-6-5-8-1-2-9-3-4-11(13)14-10(9)7-8/h1-4,7,12H,5-6H2. The van der Waals surface area contributed by atoms with Gasteiger partial charge in [-0.1, -0.05) is 12.1 Å². The lowest BCUT2D eigenvalue weighted by atomic mass is 10.1. The van der Waals surface area contributed by atoms with Crippen LogP contribution in [0.4, 0.5) is 0 Å². The molecule has 0 bridgehead atoms. The molecule has 0 saturated carbocycles. The quantitative estimate of drug-likeness (QED) is 0.727. The average Bonchev–Trinajstić information content (AvgIpc) is 2.17. The Morgan fingerprint density at radius 1 is 1.21 bits per heavy atom. The van der Waals surface area contributed by atoms with E-state index in [-0.39, 0.29) is 12.2 Å². The Morgan fingerprint density at radius 3 is 2.79 bits per heavy atom. The van der Waals surface area contributed by atoms with Crippen LogP contribution < -0.4 is 5.63 Å². The maximum Gasteiger partial charge on any atom is 0.336 e. The summed E-state index contributed by atoms with van der Waals surface area (Å²) in [6.45, 7) is 0.0998. The molecule has 1 heterocycles. The van der Waals surface area contributed by atoms with Crippen LogP contribution in [0.3, 0.4) is 0 Å².